The first kappa shape index (κ1) is 11.2. The fraction of sp³-hybridized carbons (Fsp3) is 0.500. The summed E-state index contributed by atoms with van der Waals surface area (Å²) in [6.07, 6.45) is 0. The first-order chi connectivity index (χ1) is 6.70. The maximum absolute atomic E-state index is 8.96. The molecular weight excluding hydrogens is 196 g/mol. The average molecular weight is 210 g/mol. The molecule has 0 bridgehead atoms. The highest BCUT2D eigenvalue weighted by Gasteiger charge is 2.22. The number of methoxy groups -OCH3 is 1. The molecule has 1 atom stereocenters. The Labute approximate surface area is 88.3 Å². The Kier molecular flexibility index (Phi) is 4.08. The van der Waals surface area contributed by atoms with Gasteiger partial charge in [-0.3, -0.25) is 5.32 Å². The van der Waals surface area contributed by atoms with E-state index in [1.54, 1.807) is 18.4 Å². The number of nitrogens with one attached hydrogen (secondary N) is 1. The van der Waals surface area contributed by atoms with E-state index in [2.05, 4.69) is 11.4 Å². The minimum atomic E-state index is -0.598. The van der Waals surface area contributed by atoms with Gasteiger partial charge in [-0.15, -0.1) is 11.3 Å². The van der Waals surface area contributed by atoms with Gasteiger partial charge in [0.25, 0.3) is 0 Å². The van der Waals surface area contributed by atoms with E-state index in [-0.39, 0.29) is 0 Å². The van der Waals surface area contributed by atoms with Crippen LogP contribution in [0.25, 0.3) is 0 Å². The molecule has 1 unspecified atom stereocenters. The number of hydrogen-bond donors (Lipinski definition) is 1. The van der Waals surface area contributed by atoms with Gasteiger partial charge in [0.2, 0.25) is 0 Å². The van der Waals surface area contributed by atoms with Crippen molar-refractivity contribution in [1.82, 2.24) is 5.32 Å². The van der Waals surface area contributed by atoms with Crippen molar-refractivity contribution in [2.45, 2.75) is 19.0 Å². The molecule has 0 saturated heterocycles. The molecule has 0 radical (unpaired) electrons. The number of rotatable bonds is 5. The van der Waals surface area contributed by atoms with Crippen molar-refractivity contribution >= 4 is 11.3 Å². The van der Waals surface area contributed by atoms with Crippen LogP contribution in [0.2, 0.25) is 0 Å². The Morgan fingerprint density at radius 3 is 3.00 bits per heavy atom. The summed E-state index contributed by atoms with van der Waals surface area (Å²) in [7, 11) is 1.60. The van der Waals surface area contributed by atoms with Gasteiger partial charge in [-0.05, 0) is 18.4 Å². The van der Waals surface area contributed by atoms with Crippen LogP contribution < -0.4 is 5.32 Å². The van der Waals surface area contributed by atoms with E-state index in [0.717, 1.165) is 0 Å². The van der Waals surface area contributed by atoms with Crippen molar-refractivity contribution in [2.24, 2.45) is 0 Å². The highest BCUT2D eigenvalue weighted by Crippen LogP contribution is 2.10. The molecule has 0 saturated carbocycles. The number of ether oxygens (including phenoxy) is 1. The summed E-state index contributed by atoms with van der Waals surface area (Å²) >= 11 is 1.68. The molecular formula is C10H14N2OS. The summed E-state index contributed by atoms with van der Waals surface area (Å²) in [5.74, 6) is 0. The van der Waals surface area contributed by atoms with Gasteiger partial charge in [-0.25, -0.2) is 0 Å². The van der Waals surface area contributed by atoms with Gasteiger partial charge in [0, 0.05) is 18.5 Å². The number of thiophene rings is 1. The lowest BCUT2D eigenvalue weighted by Crippen LogP contribution is -2.44. The van der Waals surface area contributed by atoms with Crippen LogP contribution in [0.5, 0.6) is 0 Å². The van der Waals surface area contributed by atoms with Crippen molar-refractivity contribution in [1.29, 1.82) is 5.26 Å². The van der Waals surface area contributed by atoms with Crippen molar-refractivity contribution in [3.63, 3.8) is 0 Å². The first-order valence-corrected chi connectivity index (χ1v) is 5.26. The molecule has 0 aliphatic rings. The molecule has 0 spiro atoms. The van der Waals surface area contributed by atoms with Crippen LogP contribution in [-0.2, 0) is 11.3 Å². The molecule has 1 aromatic rings. The minimum Gasteiger partial charge on any atom is -0.382 e. The highest BCUT2D eigenvalue weighted by molar-refractivity contribution is 7.09. The predicted molar refractivity (Wildman–Crippen MR) is 57.1 cm³/mol. The Bertz CT molecular complexity index is 304. The maximum Gasteiger partial charge on any atom is 0.127 e. The minimum absolute atomic E-state index is 0.398. The number of nitrogens with zero attached hydrogens (tertiary/aromatic N) is 1. The molecule has 0 aromatic carbocycles. The second kappa shape index (κ2) is 5.11. The van der Waals surface area contributed by atoms with Crippen LogP contribution in [0.4, 0.5) is 0 Å². The Morgan fingerprint density at radius 2 is 2.50 bits per heavy atom. The second-order valence-corrected chi connectivity index (χ2v) is 4.34. The van der Waals surface area contributed by atoms with Crippen molar-refractivity contribution < 1.29 is 4.74 Å². The van der Waals surface area contributed by atoms with Gasteiger partial charge in [0.15, 0.2) is 0 Å². The van der Waals surface area contributed by atoms with E-state index in [4.69, 9.17) is 10.00 Å². The highest BCUT2D eigenvalue weighted by atomic mass is 32.1. The van der Waals surface area contributed by atoms with Crippen LogP contribution in [0.1, 0.15) is 11.8 Å². The van der Waals surface area contributed by atoms with Gasteiger partial charge in [0.1, 0.15) is 5.54 Å². The van der Waals surface area contributed by atoms with Crippen LogP contribution in [0, 0.1) is 11.3 Å². The SMILES string of the molecule is COCC(C)(C#N)NCc1cccs1. The zero-order chi connectivity index (χ0) is 10.4. The van der Waals surface area contributed by atoms with Crippen molar-refractivity contribution in [2.75, 3.05) is 13.7 Å². The topological polar surface area (TPSA) is 45.0 Å². The Balaban J connectivity index is 2.46. The summed E-state index contributed by atoms with van der Waals surface area (Å²) in [5.41, 5.74) is -0.598. The fourth-order valence-corrected chi connectivity index (χ4v) is 1.75. The molecule has 0 amide bonds. The lowest BCUT2D eigenvalue weighted by atomic mass is 10.1. The van der Waals surface area contributed by atoms with E-state index in [1.165, 1.54) is 4.88 Å². The summed E-state index contributed by atoms with van der Waals surface area (Å²) in [6, 6.07) is 6.26. The largest absolute Gasteiger partial charge is 0.382 e. The van der Waals surface area contributed by atoms with Crippen LogP contribution >= 0.6 is 11.3 Å². The van der Waals surface area contributed by atoms with E-state index in [9.17, 15) is 0 Å². The fourth-order valence-electron chi connectivity index (χ4n) is 1.11. The van der Waals surface area contributed by atoms with E-state index in [1.807, 2.05) is 24.4 Å². The Morgan fingerprint density at radius 1 is 1.71 bits per heavy atom. The molecule has 0 fully saturated rings. The third-order valence-electron chi connectivity index (χ3n) is 1.91. The monoisotopic (exact) mass is 210 g/mol. The lowest BCUT2D eigenvalue weighted by Gasteiger charge is -2.21. The molecule has 1 aromatic heterocycles. The third-order valence-corrected chi connectivity index (χ3v) is 2.79. The number of nitriles is 1. The standard InChI is InChI=1S/C10H14N2OS/c1-10(7-11,8-13-2)12-6-9-4-3-5-14-9/h3-5,12H,6,8H2,1-2H3. The molecule has 0 aliphatic heterocycles. The molecule has 4 heteroatoms. The Hall–Kier alpha value is -0.890. The normalized spacial score (nSPS) is 14.6. The molecule has 14 heavy (non-hydrogen) atoms. The molecule has 0 aliphatic carbocycles. The maximum atomic E-state index is 8.96. The third kappa shape index (κ3) is 3.11. The van der Waals surface area contributed by atoms with Crippen molar-refractivity contribution in [3.8, 4) is 6.07 Å². The van der Waals surface area contributed by atoms with E-state index in [0.29, 0.717) is 13.2 Å². The zero-order valence-electron chi connectivity index (χ0n) is 8.41. The zero-order valence-corrected chi connectivity index (χ0v) is 9.23. The van der Waals surface area contributed by atoms with E-state index >= 15 is 0 Å². The van der Waals surface area contributed by atoms with Gasteiger partial charge in [0.05, 0.1) is 12.7 Å². The van der Waals surface area contributed by atoms with E-state index < -0.39 is 5.54 Å². The second-order valence-electron chi connectivity index (χ2n) is 3.31. The van der Waals surface area contributed by atoms with Gasteiger partial charge in [-0.2, -0.15) is 5.26 Å². The van der Waals surface area contributed by atoms with Crippen LogP contribution in [0.15, 0.2) is 17.5 Å². The quantitative estimate of drug-likeness (QED) is 0.805. The first-order valence-electron chi connectivity index (χ1n) is 4.38. The van der Waals surface area contributed by atoms with Crippen LogP contribution in [-0.4, -0.2) is 19.3 Å². The molecule has 3 nitrogen and oxygen atoms in total. The molecule has 1 N–H and O–H groups in total. The van der Waals surface area contributed by atoms with Gasteiger partial charge in [-0.1, -0.05) is 6.07 Å². The summed E-state index contributed by atoms with van der Waals surface area (Å²) in [6.45, 7) is 2.95. The molecule has 76 valence electrons. The van der Waals surface area contributed by atoms with Crippen LogP contribution in [0.3, 0.4) is 0 Å². The predicted octanol–water partition coefficient (Wildman–Crippen LogP) is 1.77. The average Bonchev–Trinajstić information content (AvgIpc) is 2.68. The van der Waals surface area contributed by atoms with Gasteiger partial charge >= 0.3 is 0 Å². The molecule has 1 rings (SSSR count). The number of hydrogen-bond acceptors (Lipinski definition) is 4. The smallest absolute Gasteiger partial charge is 0.127 e. The summed E-state index contributed by atoms with van der Waals surface area (Å²) in [4.78, 5) is 1.22. The lowest BCUT2D eigenvalue weighted by molar-refractivity contribution is 0.145. The summed E-state index contributed by atoms with van der Waals surface area (Å²) < 4.78 is 4.99. The van der Waals surface area contributed by atoms with Gasteiger partial charge < -0.3 is 4.74 Å². The summed E-state index contributed by atoms with van der Waals surface area (Å²) in [5, 5.41) is 14.2. The molecule has 1 heterocycles. The van der Waals surface area contributed by atoms with Crippen molar-refractivity contribution in [3.05, 3.63) is 22.4 Å².